The van der Waals surface area contributed by atoms with Gasteiger partial charge in [0.15, 0.2) is 0 Å². The predicted octanol–water partition coefficient (Wildman–Crippen LogP) is 11.8. The first-order valence-electron chi connectivity index (χ1n) is 21.3. The number of aliphatic carboxylic acids is 1. The molecule has 0 aliphatic rings. The predicted molar refractivity (Wildman–Crippen MR) is 216 cm³/mol. The molecule has 0 aromatic carbocycles. The number of carboxylic acid groups (broad SMARTS) is 1. The Bertz CT molecular complexity index is 900. The molecule has 0 rings (SSSR count). The number of rotatable bonds is 38. The largest absolute Gasteiger partial charge is 0.480 e. The van der Waals surface area contributed by atoms with Crippen molar-refractivity contribution in [2.45, 2.75) is 219 Å². The maximum atomic E-state index is 12.7. The van der Waals surface area contributed by atoms with Crippen LogP contribution in [0.25, 0.3) is 0 Å². The Hall–Kier alpha value is -2.41. The summed E-state index contributed by atoms with van der Waals surface area (Å²) in [5, 5.41) is 11.9. The van der Waals surface area contributed by atoms with E-state index < -0.39 is 12.0 Å². The standard InChI is InChI=1S/C44H80N2O5/c1-3-5-7-9-11-12-13-14-15-16-17-18-19-20-21-22-23-28-32-38-43(48)51-40(34-29-25-10-8-6-4-2)35-30-26-24-27-31-37-42(47)46-41(44(49)50)36-33-39-45/h11-12,14-15,17-18,40-41H,3-10,13,16,19-39,45H2,1-2H3,(H,46,47)(H,49,50)/b12-11-,15-14-,18-17-. The van der Waals surface area contributed by atoms with Gasteiger partial charge in [-0.25, -0.2) is 4.79 Å². The summed E-state index contributed by atoms with van der Waals surface area (Å²) in [6.45, 7) is 4.89. The number of allylic oxidation sites excluding steroid dienone is 6. The van der Waals surface area contributed by atoms with E-state index in [1.165, 1.54) is 83.5 Å². The molecule has 7 nitrogen and oxygen atoms in total. The third kappa shape index (κ3) is 35.8. The highest BCUT2D eigenvalue weighted by molar-refractivity contribution is 5.83. The minimum absolute atomic E-state index is 0.0108. The van der Waals surface area contributed by atoms with Crippen molar-refractivity contribution in [3.05, 3.63) is 36.5 Å². The average molecular weight is 717 g/mol. The molecule has 0 aromatic heterocycles. The lowest BCUT2D eigenvalue weighted by Gasteiger charge is -2.18. The van der Waals surface area contributed by atoms with Crippen LogP contribution in [0.1, 0.15) is 206 Å². The lowest BCUT2D eigenvalue weighted by Crippen LogP contribution is -2.40. The van der Waals surface area contributed by atoms with Gasteiger partial charge in [-0.05, 0) is 96.4 Å². The van der Waals surface area contributed by atoms with Crippen molar-refractivity contribution < 1.29 is 24.2 Å². The highest BCUT2D eigenvalue weighted by Gasteiger charge is 2.19. The van der Waals surface area contributed by atoms with Crippen LogP contribution in [-0.2, 0) is 19.1 Å². The van der Waals surface area contributed by atoms with Crippen LogP contribution in [0.15, 0.2) is 36.5 Å². The summed E-state index contributed by atoms with van der Waals surface area (Å²) in [4.78, 5) is 36.2. The number of nitrogens with one attached hydrogen (secondary N) is 1. The zero-order valence-electron chi connectivity index (χ0n) is 33.2. The summed E-state index contributed by atoms with van der Waals surface area (Å²) in [7, 11) is 0. The number of nitrogens with two attached hydrogens (primary N) is 1. The van der Waals surface area contributed by atoms with Crippen LogP contribution in [0.3, 0.4) is 0 Å². The minimum atomic E-state index is -1.01. The smallest absolute Gasteiger partial charge is 0.326 e. The first kappa shape index (κ1) is 48.6. The van der Waals surface area contributed by atoms with Crippen molar-refractivity contribution in [3.63, 3.8) is 0 Å². The molecule has 7 heteroatoms. The number of hydrogen-bond donors (Lipinski definition) is 3. The fourth-order valence-corrected chi connectivity index (χ4v) is 6.22. The molecule has 0 aliphatic heterocycles. The van der Waals surface area contributed by atoms with Gasteiger partial charge in [0, 0.05) is 12.8 Å². The maximum absolute atomic E-state index is 12.7. The lowest BCUT2D eigenvalue weighted by molar-refractivity contribution is -0.150. The van der Waals surface area contributed by atoms with Gasteiger partial charge in [0.1, 0.15) is 12.1 Å². The summed E-state index contributed by atoms with van der Waals surface area (Å²) < 4.78 is 6.00. The van der Waals surface area contributed by atoms with Crippen molar-refractivity contribution in [1.82, 2.24) is 5.32 Å². The highest BCUT2D eigenvalue weighted by Crippen LogP contribution is 2.18. The van der Waals surface area contributed by atoms with Gasteiger partial charge in [-0.15, -0.1) is 0 Å². The monoisotopic (exact) mass is 717 g/mol. The Morgan fingerprint density at radius 3 is 1.57 bits per heavy atom. The minimum Gasteiger partial charge on any atom is -0.480 e. The molecule has 0 saturated carbocycles. The number of hydrogen-bond acceptors (Lipinski definition) is 5. The fourth-order valence-electron chi connectivity index (χ4n) is 6.22. The van der Waals surface area contributed by atoms with E-state index >= 15 is 0 Å². The number of unbranched alkanes of at least 4 members (excludes halogenated alkanes) is 18. The second-order valence-electron chi connectivity index (χ2n) is 14.4. The van der Waals surface area contributed by atoms with Gasteiger partial charge in [-0.2, -0.15) is 0 Å². The molecular weight excluding hydrogens is 636 g/mol. The zero-order chi connectivity index (χ0) is 37.5. The van der Waals surface area contributed by atoms with E-state index in [1.807, 2.05) is 0 Å². The average Bonchev–Trinajstić information content (AvgIpc) is 3.11. The van der Waals surface area contributed by atoms with Crippen LogP contribution < -0.4 is 11.1 Å². The molecule has 2 unspecified atom stereocenters. The van der Waals surface area contributed by atoms with Crippen molar-refractivity contribution in [2.75, 3.05) is 6.54 Å². The Kier molecular flexibility index (Phi) is 37.0. The van der Waals surface area contributed by atoms with E-state index in [-0.39, 0.29) is 18.0 Å². The van der Waals surface area contributed by atoms with E-state index in [0.717, 1.165) is 83.5 Å². The number of carboxylic acids is 1. The summed E-state index contributed by atoms with van der Waals surface area (Å²) in [6, 6.07) is -0.856. The lowest BCUT2D eigenvalue weighted by atomic mass is 10.0. The Labute approximate surface area is 314 Å². The number of esters is 1. The Balaban J connectivity index is 4.12. The highest BCUT2D eigenvalue weighted by atomic mass is 16.5. The fraction of sp³-hybridized carbons (Fsp3) is 0.795. The number of amides is 1. The molecule has 0 bridgehead atoms. The van der Waals surface area contributed by atoms with Gasteiger partial charge in [0.2, 0.25) is 5.91 Å². The molecule has 51 heavy (non-hydrogen) atoms. The Morgan fingerprint density at radius 1 is 0.569 bits per heavy atom. The van der Waals surface area contributed by atoms with E-state index in [1.54, 1.807) is 0 Å². The SMILES string of the molecule is CCCCC/C=C\C/C=C\C/C=C\CCCCCCCCC(=O)OC(CCCCCCCC)CCCCCCCC(=O)NC(CCCN)C(=O)O. The van der Waals surface area contributed by atoms with Gasteiger partial charge >= 0.3 is 11.9 Å². The number of carbonyl (C=O) groups excluding carboxylic acids is 2. The molecule has 4 N–H and O–H groups in total. The maximum Gasteiger partial charge on any atom is 0.326 e. The molecule has 296 valence electrons. The summed E-state index contributed by atoms with van der Waals surface area (Å²) in [5.41, 5.74) is 5.47. The summed E-state index contributed by atoms with van der Waals surface area (Å²) in [6.07, 6.45) is 44.8. The van der Waals surface area contributed by atoms with Gasteiger partial charge in [0.25, 0.3) is 0 Å². The van der Waals surface area contributed by atoms with Crippen LogP contribution in [0, 0.1) is 0 Å². The normalized spacial score (nSPS) is 13.0. The quantitative estimate of drug-likeness (QED) is 0.0332. The second-order valence-corrected chi connectivity index (χ2v) is 14.4. The molecule has 0 heterocycles. The van der Waals surface area contributed by atoms with E-state index in [9.17, 15) is 19.5 Å². The van der Waals surface area contributed by atoms with Gasteiger partial charge in [-0.3, -0.25) is 9.59 Å². The van der Waals surface area contributed by atoms with Gasteiger partial charge in [-0.1, -0.05) is 140 Å². The first-order chi connectivity index (χ1) is 24.9. The molecule has 0 radical (unpaired) electrons. The van der Waals surface area contributed by atoms with Gasteiger partial charge < -0.3 is 20.9 Å². The van der Waals surface area contributed by atoms with E-state index in [2.05, 4.69) is 55.6 Å². The van der Waals surface area contributed by atoms with Gasteiger partial charge in [0.05, 0.1) is 0 Å². The second kappa shape index (κ2) is 38.8. The molecule has 0 saturated heterocycles. The summed E-state index contributed by atoms with van der Waals surface area (Å²) in [5.74, 6) is -1.25. The van der Waals surface area contributed by atoms with Crippen molar-refractivity contribution in [2.24, 2.45) is 5.73 Å². The molecule has 1 amide bonds. The Morgan fingerprint density at radius 2 is 1.02 bits per heavy atom. The summed E-state index contributed by atoms with van der Waals surface area (Å²) >= 11 is 0. The van der Waals surface area contributed by atoms with Crippen LogP contribution in [0.4, 0.5) is 0 Å². The van der Waals surface area contributed by atoms with Crippen LogP contribution in [0.5, 0.6) is 0 Å². The first-order valence-corrected chi connectivity index (χ1v) is 21.3. The van der Waals surface area contributed by atoms with E-state index in [0.29, 0.717) is 32.2 Å². The molecule has 2 atom stereocenters. The van der Waals surface area contributed by atoms with Crippen LogP contribution in [0.2, 0.25) is 0 Å². The van der Waals surface area contributed by atoms with Crippen molar-refractivity contribution >= 4 is 17.8 Å². The zero-order valence-corrected chi connectivity index (χ0v) is 33.2. The van der Waals surface area contributed by atoms with E-state index in [4.69, 9.17) is 10.5 Å². The van der Waals surface area contributed by atoms with Crippen LogP contribution in [-0.4, -0.2) is 41.6 Å². The van der Waals surface area contributed by atoms with Crippen LogP contribution >= 0.6 is 0 Å². The third-order valence-electron chi connectivity index (χ3n) is 9.46. The number of ether oxygens (including phenoxy) is 1. The third-order valence-corrected chi connectivity index (χ3v) is 9.46. The van der Waals surface area contributed by atoms with Crippen molar-refractivity contribution in [3.8, 4) is 0 Å². The molecule has 0 aliphatic carbocycles. The molecular formula is C44H80N2O5. The van der Waals surface area contributed by atoms with Crippen molar-refractivity contribution in [1.29, 1.82) is 0 Å². The number of carbonyl (C=O) groups is 3. The topological polar surface area (TPSA) is 119 Å². The molecule has 0 fully saturated rings. The molecule has 0 aromatic rings. The molecule has 0 spiro atoms.